The fraction of sp³-hybridized carbons (Fsp3) is 1.00. The monoisotopic (exact) mass is 179 g/mol. The zero-order chi connectivity index (χ0) is 9.56. The summed E-state index contributed by atoms with van der Waals surface area (Å²) in [5, 5.41) is 4.52. The van der Waals surface area contributed by atoms with E-state index in [0.29, 0.717) is 6.04 Å². The van der Waals surface area contributed by atoms with Crippen molar-refractivity contribution in [1.29, 1.82) is 0 Å². The van der Waals surface area contributed by atoms with Gasteiger partial charge in [-0.25, -0.2) is 0 Å². The molecule has 0 aromatic heterocycles. The molecule has 1 unspecified atom stereocenters. The maximum atomic E-state index is 4.52. The number of nitrogens with zero attached hydrogens (tertiary/aromatic N) is 3. The summed E-state index contributed by atoms with van der Waals surface area (Å²) in [6.45, 7) is 5.21. The molecule has 4 heteroatoms. The molecule has 74 valence electrons. The second-order valence-corrected chi connectivity index (χ2v) is 3.82. The molecule has 0 aliphatic heterocycles. The van der Waals surface area contributed by atoms with Gasteiger partial charge >= 0.3 is 18.9 Å². The Balaban J connectivity index is 0. The number of hydrogen-bond acceptors (Lipinski definition) is 2. The van der Waals surface area contributed by atoms with Crippen LogP contribution in [-0.2, 0) is 0 Å². The van der Waals surface area contributed by atoms with Crippen molar-refractivity contribution in [2.75, 3.05) is 47.8 Å². The first-order chi connectivity index (χ1) is 5.52. The van der Waals surface area contributed by atoms with Crippen LogP contribution in [0.25, 0.3) is 5.32 Å². The summed E-state index contributed by atoms with van der Waals surface area (Å²) in [6, 6.07) is 0.458. The van der Waals surface area contributed by atoms with Crippen LogP contribution in [0.4, 0.5) is 0 Å². The van der Waals surface area contributed by atoms with E-state index in [1.54, 1.807) is 0 Å². The molecule has 13 heavy (non-hydrogen) atoms. The third-order valence-corrected chi connectivity index (χ3v) is 1.62. The Morgan fingerprint density at radius 2 is 1.62 bits per heavy atom. The molecule has 0 rings (SSSR count). The maximum Gasteiger partial charge on any atom is 1.00 e. The Morgan fingerprint density at radius 3 is 2.00 bits per heavy atom. The van der Waals surface area contributed by atoms with Gasteiger partial charge in [-0.2, -0.15) is 0 Å². The number of rotatable bonds is 6. The van der Waals surface area contributed by atoms with Crippen LogP contribution in [0, 0.1) is 0 Å². The van der Waals surface area contributed by atoms with Gasteiger partial charge in [0.1, 0.15) is 0 Å². The standard InChI is InChI=1S/C9H22N3.Li/c1-9(8-12(4)5)10-6-7-11(2)3;/h9H,6-8H2,1-5H3;/q-1;+1. The molecule has 0 saturated carbocycles. The summed E-state index contributed by atoms with van der Waals surface area (Å²) in [5.74, 6) is 0. The minimum Gasteiger partial charge on any atom is -0.658 e. The van der Waals surface area contributed by atoms with E-state index in [-0.39, 0.29) is 18.9 Å². The van der Waals surface area contributed by atoms with E-state index in [0.717, 1.165) is 19.6 Å². The second-order valence-electron chi connectivity index (χ2n) is 3.82. The molecule has 3 nitrogen and oxygen atoms in total. The molecule has 0 N–H and O–H groups in total. The fourth-order valence-corrected chi connectivity index (χ4v) is 1.06. The Kier molecular flexibility index (Phi) is 11.1. The van der Waals surface area contributed by atoms with Gasteiger partial charge in [-0.05, 0) is 41.3 Å². The molecule has 0 aliphatic rings. The van der Waals surface area contributed by atoms with Crippen LogP contribution in [0.1, 0.15) is 6.92 Å². The van der Waals surface area contributed by atoms with E-state index in [9.17, 15) is 0 Å². The van der Waals surface area contributed by atoms with E-state index >= 15 is 0 Å². The van der Waals surface area contributed by atoms with Crippen molar-refractivity contribution >= 4 is 0 Å². The first-order valence-electron chi connectivity index (χ1n) is 4.48. The van der Waals surface area contributed by atoms with E-state index in [1.165, 1.54) is 0 Å². The molecule has 0 aliphatic carbocycles. The normalized spacial score (nSPS) is 13.2. The summed E-state index contributed by atoms with van der Waals surface area (Å²) in [7, 11) is 8.31. The smallest absolute Gasteiger partial charge is 0.658 e. The number of hydrogen-bond donors (Lipinski definition) is 0. The third-order valence-electron chi connectivity index (χ3n) is 1.62. The minimum atomic E-state index is 0. The van der Waals surface area contributed by atoms with E-state index in [4.69, 9.17) is 0 Å². The molecule has 0 radical (unpaired) electrons. The molecule has 0 saturated heterocycles. The summed E-state index contributed by atoms with van der Waals surface area (Å²) < 4.78 is 0. The van der Waals surface area contributed by atoms with Crippen molar-refractivity contribution in [2.45, 2.75) is 13.0 Å². The number of likely N-dealkylation sites (N-methyl/N-ethyl adjacent to an activating group) is 2. The van der Waals surface area contributed by atoms with Gasteiger partial charge in [0.2, 0.25) is 0 Å². The summed E-state index contributed by atoms with van der Waals surface area (Å²) in [6.07, 6.45) is 0. The van der Waals surface area contributed by atoms with Crippen LogP contribution >= 0.6 is 0 Å². The Labute approximate surface area is 95.0 Å². The van der Waals surface area contributed by atoms with Gasteiger partial charge in [0.05, 0.1) is 0 Å². The van der Waals surface area contributed by atoms with Crippen LogP contribution in [0.3, 0.4) is 0 Å². The molecule has 0 heterocycles. The average Bonchev–Trinajstić information content (AvgIpc) is 1.84. The van der Waals surface area contributed by atoms with E-state index in [2.05, 4.69) is 50.2 Å². The van der Waals surface area contributed by atoms with E-state index in [1.807, 2.05) is 0 Å². The van der Waals surface area contributed by atoms with Gasteiger partial charge in [-0.1, -0.05) is 6.92 Å². The Bertz CT molecular complexity index is 107. The van der Waals surface area contributed by atoms with Crippen LogP contribution in [-0.4, -0.2) is 63.7 Å². The van der Waals surface area contributed by atoms with Crippen molar-refractivity contribution in [3.8, 4) is 0 Å². The van der Waals surface area contributed by atoms with E-state index < -0.39 is 0 Å². The summed E-state index contributed by atoms with van der Waals surface area (Å²) >= 11 is 0. The van der Waals surface area contributed by atoms with Crippen LogP contribution in [0.15, 0.2) is 0 Å². The van der Waals surface area contributed by atoms with Crippen molar-refractivity contribution in [1.82, 2.24) is 9.80 Å². The molecular formula is C9H22LiN3. The third kappa shape index (κ3) is 12.5. The minimum absolute atomic E-state index is 0. The zero-order valence-corrected chi connectivity index (χ0v) is 10.0. The molecule has 0 spiro atoms. The molecule has 0 bridgehead atoms. The van der Waals surface area contributed by atoms with Crippen LogP contribution in [0.2, 0.25) is 0 Å². The van der Waals surface area contributed by atoms with Crippen molar-refractivity contribution in [3.05, 3.63) is 5.32 Å². The quantitative estimate of drug-likeness (QED) is 0.434. The molecular weight excluding hydrogens is 157 g/mol. The van der Waals surface area contributed by atoms with Gasteiger partial charge in [0, 0.05) is 0 Å². The molecule has 0 amide bonds. The van der Waals surface area contributed by atoms with Gasteiger partial charge in [-0.3, -0.25) is 0 Å². The van der Waals surface area contributed by atoms with Crippen molar-refractivity contribution in [2.24, 2.45) is 0 Å². The first-order valence-corrected chi connectivity index (χ1v) is 4.48. The summed E-state index contributed by atoms with van der Waals surface area (Å²) in [4.78, 5) is 4.33. The molecule has 0 aromatic carbocycles. The summed E-state index contributed by atoms with van der Waals surface area (Å²) in [5.41, 5.74) is 0. The van der Waals surface area contributed by atoms with Gasteiger partial charge < -0.3 is 15.1 Å². The molecule has 1 atom stereocenters. The molecule has 0 fully saturated rings. The van der Waals surface area contributed by atoms with Crippen LogP contribution < -0.4 is 18.9 Å². The predicted molar refractivity (Wildman–Crippen MR) is 54.8 cm³/mol. The second kappa shape index (κ2) is 9.05. The average molecular weight is 179 g/mol. The Hall–Kier alpha value is 0.477. The SMILES string of the molecule is CC(CN(C)C)[N-]CCN(C)C.[Li+]. The first kappa shape index (κ1) is 15.9. The molecule has 0 aromatic rings. The zero-order valence-electron chi connectivity index (χ0n) is 10.0. The van der Waals surface area contributed by atoms with Gasteiger partial charge in [-0.15, -0.1) is 12.6 Å². The van der Waals surface area contributed by atoms with Gasteiger partial charge in [0.15, 0.2) is 0 Å². The fourth-order valence-electron chi connectivity index (χ4n) is 1.06. The Morgan fingerprint density at radius 1 is 1.08 bits per heavy atom. The maximum absolute atomic E-state index is 4.52. The van der Waals surface area contributed by atoms with Crippen molar-refractivity contribution < 1.29 is 18.9 Å². The van der Waals surface area contributed by atoms with Crippen LogP contribution in [0.5, 0.6) is 0 Å². The van der Waals surface area contributed by atoms with Crippen molar-refractivity contribution in [3.63, 3.8) is 0 Å². The topological polar surface area (TPSA) is 20.6 Å². The largest absolute Gasteiger partial charge is 1.00 e. The van der Waals surface area contributed by atoms with Gasteiger partial charge in [0.25, 0.3) is 0 Å². The predicted octanol–water partition coefficient (Wildman–Crippen LogP) is -2.12.